The Morgan fingerprint density at radius 3 is 2.62 bits per heavy atom. The van der Waals surface area contributed by atoms with Gasteiger partial charge in [-0.05, 0) is 62.9 Å². The van der Waals surface area contributed by atoms with Crippen LogP contribution in [0.3, 0.4) is 0 Å². The summed E-state index contributed by atoms with van der Waals surface area (Å²) >= 11 is 5.97. The van der Waals surface area contributed by atoms with Crippen LogP contribution in [0.2, 0.25) is 5.02 Å². The number of amides is 1. The van der Waals surface area contributed by atoms with Gasteiger partial charge in [0.1, 0.15) is 11.6 Å². The second kappa shape index (κ2) is 10.7. The molecule has 1 aromatic carbocycles. The van der Waals surface area contributed by atoms with Gasteiger partial charge in [0, 0.05) is 30.9 Å². The van der Waals surface area contributed by atoms with Gasteiger partial charge in [-0.25, -0.2) is 18.7 Å². The molecule has 4 heterocycles. The van der Waals surface area contributed by atoms with Gasteiger partial charge in [-0.15, -0.1) is 5.10 Å². The molecule has 2 fully saturated rings. The molecule has 5 rings (SSSR count). The van der Waals surface area contributed by atoms with Gasteiger partial charge in [0.25, 0.3) is 0 Å². The molecule has 3 aromatic rings. The number of ether oxygens (including phenoxy) is 1. The van der Waals surface area contributed by atoms with E-state index in [0.717, 1.165) is 36.4 Å². The summed E-state index contributed by atoms with van der Waals surface area (Å²) in [6.45, 7) is 6.23. The summed E-state index contributed by atoms with van der Waals surface area (Å²) in [6, 6.07) is 8.55. The first-order valence-corrected chi connectivity index (χ1v) is 12.9. The van der Waals surface area contributed by atoms with Crippen LogP contribution in [0, 0.1) is 5.82 Å². The number of carbonyl (C=O) groups excluding carboxylic acids is 1. The maximum absolute atomic E-state index is 13.8. The fourth-order valence-corrected chi connectivity index (χ4v) is 5.27. The monoisotopic (exact) mass is 528 g/mol. The van der Waals surface area contributed by atoms with E-state index in [-0.39, 0.29) is 29.2 Å². The van der Waals surface area contributed by atoms with E-state index in [0.29, 0.717) is 23.6 Å². The van der Waals surface area contributed by atoms with Gasteiger partial charge in [0.05, 0.1) is 30.3 Å². The Kier molecular flexibility index (Phi) is 7.41. The first kappa shape index (κ1) is 25.6. The lowest BCUT2D eigenvalue weighted by atomic mass is 10.1. The van der Waals surface area contributed by atoms with Gasteiger partial charge in [-0.1, -0.05) is 17.7 Å². The van der Waals surface area contributed by atoms with Crippen LogP contribution in [0.15, 0.2) is 41.3 Å². The zero-order valence-corrected chi connectivity index (χ0v) is 21.6. The largest absolute Gasteiger partial charge is 0.378 e. The van der Waals surface area contributed by atoms with E-state index < -0.39 is 11.5 Å². The Bertz CT molecular complexity index is 1320. The lowest BCUT2D eigenvalue weighted by Gasteiger charge is -2.34. The molecule has 2 saturated heterocycles. The SMILES string of the molecule is CC(C)NC(=O)Cc1nn(-c2ccc(CCN3C4CCC3COC4)cn2)c(=O)n1-c1ccc(F)c(Cl)c1. The molecule has 1 N–H and O–H groups in total. The van der Waals surface area contributed by atoms with E-state index in [1.165, 1.54) is 35.6 Å². The lowest BCUT2D eigenvalue weighted by molar-refractivity contribution is -0.121. The molecule has 37 heavy (non-hydrogen) atoms. The second-order valence-electron chi connectivity index (χ2n) is 9.88. The molecule has 11 heteroatoms. The maximum atomic E-state index is 13.8. The van der Waals surface area contributed by atoms with Crippen LogP contribution in [0.1, 0.15) is 38.1 Å². The third-order valence-electron chi connectivity index (χ3n) is 6.85. The van der Waals surface area contributed by atoms with Crippen molar-refractivity contribution in [3.05, 3.63) is 69.2 Å². The van der Waals surface area contributed by atoms with E-state index in [2.05, 4.69) is 20.3 Å². The van der Waals surface area contributed by atoms with E-state index in [9.17, 15) is 14.0 Å². The minimum atomic E-state index is -0.604. The standard InChI is InChI=1S/C26H30ClFN6O3/c1-16(2)30-25(35)12-24-31-34(26(36)33(24)18-6-7-22(28)21(27)11-18)23-8-3-17(13-29-23)9-10-32-19-4-5-20(32)15-37-14-19/h3,6-8,11,13,16,19-20H,4-5,9-10,12,14-15H2,1-2H3,(H,30,35). The van der Waals surface area contributed by atoms with Crippen LogP contribution in [-0.4, -0.2) is 68.0 Å². The number of morpholine rings is 1. The van der Waals surface area contributed by atoms with Gasteiger partial charge in [-0.2, -0.15) is 4.68 Å². The van der Waals surface area contributed by atoms with Crippen molar-refractivity contribution in [2.45, 2.75) is 57.7 Å². The average molecular weight is 529 g/mol. The number of hydrogen-bond donors (Lipinski definition) is 1. The number of pyridine rings is 1. The summed E-state index contributed by atoms with van der Waals surface area (Å²) in [5.74, 6) is -0.369. The van der Waals surface area contributed by atoms with Gasteiger partial charge in [-0.3, -0.25) is 9.69 Å². The van der Waals surface area contributed by atoms with E-state index in [4.69, 9.17) is 16.3 Å². The summed E-state index contributed by atoms with van der Waals surface area (Å²) in [6.07, 6.45) is 4.82. The molecule has 2 atom stereocenters. The summed E-state index contributed by atoms with van der Waals surface area (Å²) in [5, 5.41) is 7.09. The predicted octanol–water partition coefficient (Wildman–Crippen LogP) is 2.68. The molecule has 2 unspecified atom stereocenters. The van der Waals surface area contributed by atoms with Crippen LogP contribution in [-0.2, 0) is 22.4 Å². The van der Waals surface area contributed by atoms with Crippen molar-refractivity contribution < 1.29 is 13.9 Å². The number of carbonyl (C=O) groups is 1. The third kappa shape index (κ3) is 5.46. The van der Waals surface area contributed by atoms with Gasteiger partial charge >= 0.3 is 5.69 Å². The minimum absolute atomic E-state index is 0.0723. The molecule has 9 nitrogen and oxygen atoms in total. The van der Waals surface area contributed by atoms with Gasteiger partial charge in [0.2, 0.25) is 5.91 Å². The highest BCUT2D eigenvalue weighted by atomic mass is 35.5. The van der Waals surface area contributed by atoms with Crippen molar-refractivity contribution in [1.29, 1.82) is 0 Å². The quantitative estimate of drug-likeness (QED) is 0.483. The number of benzene rings is 1. The Morgan fingerprint density at radius 1 is 1.22 bits per heavy atom. The van der Waals surface area contributed by atoms with Crippen molar-refractivity contribution in [3.63, 3.8) is 0 Å². The Labute approximate surface area is 219 Å². The molecule has 2 aliphatic heterocycles. The molecular formula is C26H30ClFN6O3. The number of halogens is 2. The Hall–Kier alpha value is -3.08. The molecular weight excluding hydrogens is 499 g/mol. The highest BCUT2D eigenvalue weighted by Gasteiger charge is 2.36. The first-order valence-electron chi connectivity index (χ1n) is 12.5. The van der Waals surface area contributed by atoms with Crippen LogP contribution < -0.4 is 11.0 Å². The molecule has 1 amide bonds. The zero-order chi connectivity index (χ0) is 26.1. The van der Waals surface area contributed by atoms with Crippen LogP contribution in [0.5, 0.6) is 0 Å². The van der Waals surface area contributed by atoms with Crippen molar-refractivity contribution >= 4 is 17.5 Å². The number of hydrogen-bond acceptors (Lipinski definition) is 6. The summed E-state index contributed by atoms with van der Waals surface area (Å²) < 4.78 is 21.9. The van der Waals surface area contributed by atoms with Crippen molar-refractivity contribution in [2.75, 3.05) is 19.8 Å². The molecule has 0 radical (unpaired) electrons. The number of rotatable bonds is 8. The minimum Gasteiger partial charge on any atom is -0.378 e. The highest BCUT2D eigenvalue weighted by molar-refractivity contribution is 6.30. The van der Waals surface area contributed by atoms with Crippen molar-refractivity contribution in [3.8, 4) is 11.5 Å². The second-order valence-corrected chi connectivity index (χ2v) is 10.3. The molecule has 2 aliphatic rings. The summed E-state index contributed by atoms with van der Waals surface area (Å²) in [4.78, 5) is 32.9. The van der Waals surface area contributed by atoms with Crippen molar-refractivity contribution in [1.82, 2.24) is 29.5 Å². The summed E-state index contributed by atoms with van der Waals surface area (Å²) in [7, 11) is 0. The maximum Gasteiger partial charge on any atom is 0.356 e. The molecule has 2 aromatic heterocycles. The fourth-order valence-electron chi connectivity index (χ4n) is 5.10. The predicted molar refractivity (Wildman–Crippen MR) is 137 cm³/mol. The number of aromatic nitrogens is 4. The van der Waals surface area contributed by atoms with Crippen LogP contribution in [0.4, 0.5) is 4.39 Å². The Morgan fingerprint density at radius 2 is 1.97 bits per heavy atom. The molecule has 0 spiro atoms. The fraction of sp³-hybridized carbons (Fsp3) is 0.462. The topological polar surface area (TPSA) is 94.3 Å². The van der Waals surface area contributed by atoms with E-state index in [1.54, 1.807) is 12.3 Å². The molecule has 2 bridgehead atoms. The smallest absolute Gasteiger partial charge is 0.356 e. The van der Waals surface area contributed by atoms with Gasteiger partial charge in [0.15, 0.2) is 5.82 Å². The third-order valence-corrected chi connectivity index (χ3v) is 7.14. The van der Waals surface area contributed by atoms with Crippen LogP contribution >= 0.6 is 11.6 Å². The lowest BCUT2D eigenvalue weighted by Crippen LogP contribution is -2.46. The first-order chi connectivity index (χ1) is 17.8. The number of nitrogens with one attached hydrogen (secondary N) is 1. The van der Waals surface area contributed by atoms with E-state index in [1.807, 2.05) is 19.9 Å². The highest BCUT2D eigenvalue weighted by Crippen LogP contribution is 2.28. The Balaban J connectivity index is 1.40. The zero-order valence-electron chi connectivity index (χ0n) is 20.9. The number of nitrogens with zero attached hydrogens (tertiary/aromatic N) is 5. The molecule has 0 aliphatic carbocycles. The molecule has 196 valence electrons. The normalized spacial score (nSPS) is 19.5. The van der Waals surface area contributed by atoms with Gasteiger partial charge < -0.3 is 10.1 Å². The van der Waals surface area contributed by atoms with E-state index >= 15 is 0 Å². The number of fused-ring (bicyclic) bond motifs is 2. The van der Waals surface area contributed by atoms with Crippen molar-refractivity contribution in [2.24, 2.45) is 0 Å². The average Bonchev–Trinajstić information content (AvgIpc) is 3.29. The molecule has 0 saturated carbocycles. The summed E-state index contributed by atoms with van der Waals surface area (Å²) in [5.41, 5.74) is 0.843. The van der Waals surface area contributed by atoms with Crippen LogP contribution in [0.25, 0.3) is 11.5 Å².